The summed E-state index contributed by atoms with van der Waals surface area (Å²) in [5.41, 5.74) is 8.40. The van der Waals surface area contributed by atoms with E-state index >= 15 is 0 Å². The van der Waals surface area contributed by atoms with E-state index in [9.17, 15) is 8.78 Å². The van der Waals surface area contributed by atoms with Gasteiger partial charge in [-0.05, 0) is 55.6 Å². The van der Waals surface area contributed by atoms with Crippen molar-refractivity contribution in [1.29, 1.82) is 0 Å². The second-order valence-electron chi connectivity index (χ2n) is 9.86. The van der Waals surface area contributed by atoms with Crippen molar-refractivity contribution in [3.63, 3.8) is 0 Å². The summed E-state index contributed by atoms with van der Waals surface area (Å²) in [6.45, 7) is 0.102. The molecule has 172 valence electrons. The number of hydrogen-bond acceptors (Lipinski definition) is 6. The van der Waals surface area contributed by atoms with E-state index in [-0.39, 0.29) is 11.6 Å². The minimum atomic E-state index is -2.94. The van der Waals surface area contributed by atoms with Gasteiger partial charge in [0.15, 0.2) is 11.6 Å². The van der Waals surface area contributed by atoms with Crippen LogP contribution in [0.25, 0.3) is 11.3 Å². The zero-order chi connectivity index (χ0) is 22.0. The number of pyridine rings is 1. The average molecular weight is 446 g/mol. The van der Waals surface area contributed by atoms with Crippen molar-refractivity contribution >= 4 is 5.82 Å². The van der Waals surface area contributed by atoms with E-state index in [0.717, 1.165) is 25.3 Å². The molecule has 2 unspecified atom stereocenters. The number of hydrogen-bond donors (Lipinski definition) is 1. The highest BCUT2D eigenvalue weighted by Gasteiger charge is 2.59. The molecule has 2 aromatic rings. The summed E-state index contributed by atoms with van der Waals surface area (Å²) in [5.74, 6) is 2.52. The second-order valence-corrected chi connectivity index (χ2v) is 9.86. The molecule has 6 rings (SSSR count). The Morgan fingerprint density at radius 2 is 1.94 bits per heavy atom. The fourth-order valence-electron chi connectivity index (χ4n) is 5.78. The van der Waals surface area contributed by atoms with Crippen LogP contribution >= 0.6 is 0 Å². The van der Waals surface area contributed by atoms with Gasteiger partial charge >= 0.3 is 6.61 Å². The van der Waals surface area contributed by atoms with Gasteiger partial charge in [-0.2, -0.15) is 13.9 Å². The Morgan fingerprint density at radius 3 is 2.59 bits per heavy atom. The second kappa shape index (κ2) is 7.66. The molecule has 7 nitrogen and oxygen atoms in total. The maximum Gasteiger partial charge on any atom is 0.387 e. The number of alkyl halides is 2. The summed E-state index contributed by atoms with van der Waals surface area (Å²) in [4.78, 5) is 6.62. The summed E-state index contributed by atoms with van der Waals surface area (Å²) in [5, 5.41) is 4.87. The lowest BCUT2D eigenvalue weighted by molar-refractivity contribution is -0.0516. The smallest absolute Gasteiger partial charge is 0.387 e. The molecule has 4 fully saturated rings. The molecule has 0 amide bonds. The Hall–Kier alpha value is -2.26. The summed E-state index contributed by atoms with van der Waals surface area (Å²) in [6, 6.07) is 4.33. The lowest BCUT2D eigenvalue weighted by Crippen LogP contribution is -2.55. The molecule has 1 aliphatic heterocycles. The first kappa shape index (κ1) is 20.4. The van der Waals surface area contributed by atoms with Gasteiger partial charge in [0.25, 0.3) is 0 Å². The first-order valence-corrected chi connectivity index (χ1v) is 11.6. The van der Waals surface area contributed by atoms with E-state index in [2.05, 4.69) is 25.4 Å². The fraction of sp³-hybridized carbons (Fsp3) is 0.652. The third-order valence-corrected chi connectivity index (χ3v) is 7.82. The van der Waals surface area contributed by atoms with Crippen molar-refractivity contribution in [3.05, 3.63) is 24.0 Å². The summed E-state index contributed by atoms with van der Waals surface area (Å²) < 4.78 is 37.6. The summed E-state index contributed by atoms with van der Waals surface area (Å²) in [6.07, 6.45) is 6.97. The fourth-order valence-corrected chi connectivity index (χ4v) is 5.78. The normalized spacial score (nSPS) is 29.9. The molecule has 3 aliphatic carbocycles. The lowest BCUT2D eigenvalue weighted by atomic mass is 9.99. The van der Waals surface area contributed by atoms with Gasteiger partial charge in [0, 0.05) is 56.2 Å². The molecule has 3 saturated carbocycles. The highest BCUT2D eigenvalue weighted by Crippen LogP contribution is 2.64. The summed E-state index contributed by atoms with van der Waals surface area (Å²) in [7, 11) is 1.79. The standard InChI is InChI=1S/C23H29F2N5O2/c1-31-15-10-29(11-15)14-5-16-17(6-14)21(16)19-7-18(28-30(19)9-12-2-3-12)13-4-20(32-23(24)25)22(26)27-8-13/h4,7-8,12,14-17,21,23H,2-3,5-6,9-11H2,1H3,(H2,26,27). The number of methoxy groups -OCH3 is 1. The molecule has 2 atom stereocenters. The number of halogens is 2. The number of aromatic nitrogens is 3. The Labute approximate surface area is 185 Å². The monoisotopic (exact) mass is 445 g/mol. The molecular weight excluding hydrogens is 416 g/mol. The Kier molecular flexibility index (Phi) is 4.87. The SMILES string of the molecule is COC1CN(C2CC3C(C2)C3c2cc(-c3cnc(N)c(OC(F)F)c3)nn2CC2CC2)C1. The molecule has 9 heteroatoms. The van der Waals surface area contributed by atoms with Crippen LogP contribution in [0.5, 0.6) is 5.75 Å². The zero-order valence-corrected chi connectivity index (χ0v) is 18.2. The molecule has 0 radical (unpaired) electrons. The molecule has 2 aromatic heterocycles. The number of fused-ring (bicyclic) bond motifs is 1. The van der Waals surface area contributed by atoms with E-state index in [4.69, 9.17) is 15.6 Å². The first-order valence-electron chi connectivity index (χ1n) is 11.6. The number of rotatable bonds is 8. The Morgan fingerprint density at radius 1 is 1.19 bits per heavy atom. The molecule has 4 aliphatic rings. The predicted octanol–water partition coefficient (Wildman–Crippen LogP) is 3.36. The molecule has 32 heavy (non-hydrogen) atoms. The van der Waals surface area contributed by atoms with E-state index < -0.39 is 6.61 Å². The number of ether oxygens (including phenoxy) is 2. The van der Waals surface area contributed by atoms with Crippen LogP contribution in [0, 0.1) is 17.8 Å². The van der Waals surface area contributed by atoms with Gasteiger partial charge in [0.1, 0.15) is 0 Å². The van der Waals surface area contributed by atoms with E-state index in [1.165, 1.54) is 37.4 Å². The van der Waals surface area contributed by atoms with Crippen molar-refractivity contribution in [3.8, 4) is 17.0 Å². The van der Waals surface area contributed by atoms with Crippen molar-refractivity contribution in [1.82, 2.24) is 19.7 Å². The van der Waals surface area contributed by atoms with Gasteiger partial charge in [-0.25, -0.2) is 4.98 Å². The number of nitrogens with two attached hydrogens (primary N) is 1. The number of nitrogen functional groups attached to an aromatic ring is 1. The zero-order valence-electron chi connectivity index (χ0n) is 18.2. The largest absolute Gasteiger partial charge is 0.431 e. The van der Waals surface area contributed by atoms with Crippen LogP contribution in [-0.2, 0) is 11.3 Å². The van der Waals surface area contributed by atoms with Gasteiger partial charge < -0.3 is 15.2 Å². The predicted molar refractivity (Wildman–Crippen MR) is 114 cm³/mol. The Bertz CT molecular complexity index is 992. The molecular formula is C23H29F2N5O2. The lowest BCUT2D eigenvalue weighted by Gasteiger charge is -2.43. The van der Waals surface area contributed by atoms with Gasteiger partial charge in [-0.15, -0.1) is 0 Å². The van der Waals surface area contributed by atoms with Crippen molar-refractivity contribution in [2.24, 2.45) is 17.8 Å². The average Bonchev–Trinajstić information content (AvgIpc) is 3.57. The molecule has 0 bridgehead atoms. The van der Waals surface area contributed by atoms with Crippen LogP contribution in [0.1, 0.15) is 37.3 Å². The summed E-state index contributed by atoms with van der Waals surface area (Å²) >= 11 is 0. The van der Waals surface area contributed by atoms with Gasteiger partial charge in [-0.1, -0.05) is 0 Å². The molecule has 0 aromatic carbocycles. The maximum absolute atomic E-state index is 12.7. The van der Waals surface area contributed by atoms with Crippen LogP contribution in [0.3, 0.4) is 0 Å². The minimum absolute atomic E-state index is 0.0452. The number of likely N-dealkylation sites (tertiary alicyclic amines) is 1. The molecule has 0 spiro atoms. The van der Waals surface area contributed by atoms with Crippen LogP contribution in [0.2, 0.25) is 0 Å². The molecule has 2 N–H and O–H groups in total. The van der Waals surface area contributed by atoms with Crippen LogP contribution in [0.15, 0.2) is 18.3 Å². The van der Waals surface area contributed by atoms with E-state index in [1.807, 2.05) is 0 Å². The number of nitrogens with zero attached hydrogens (tertiary/aromatic N) is 4. The van der Waals surface area contributed by atoms with Crippen molar-refractivity contribution in [2.75, 3.05) is 25.9 Å². The van der Waals surface area contributed by atoms with Crippen LogP contribution in [0.4, 0.5) is 14.6 Å². The maximum atomic E-state index is 12.7. The van der Waals surface area contributed by atoms with E-state index in [1.54, 1.807) is 13.3 Å². The first-order chi connectivity index (χ1) is 15.5. The van der Waals surface area contributed by atoms with Gasteiger partial charge in [-0.3, -0.25) is 9.58 Å². The third kappa shape index (κ3) is 3.65. The molecule has 3 heterocycles. The van der Waals surface area contributed by atoms with Crippen molar-refractivity contribution < 1.29 is 18.3 Å². The van der Waals surface area contributed by atoms with Gasteiger partial charge in [0.05, 0.1) is 11.8 Å². The highest BCUT2D eigenvalue weighted by atomic mass is 19.3. The van der Waals surface area contributed by atoms with Crippen LogP contribution < -0.4 is 10.5 Å². The minimum Gasteiger partial charge on any atom is -0.431 e. The Balaban J connectivity index is 1.21. The quantitative estimate of drug-likeness (QED) is 0.671. The topological polar surface area (TPSA) is 78.4 Å². The van der Waals surface area contributed by atoms with Gasteiger partial charge in [0.2, 0.25) is 0 Å². The van der Waals surface area contributed by atoms with Crippen molar-refractivity contribution in [2.45, 2.75) is 56.9 Å². The highest BCUT2D eigenvalue weighted by molar-refractivity contribution is 5.64. The van der Waals surface area contributed by atoms with E-state index in [0.29, 0.717) is 41.4 Å². The number of anilines is 1. The van der Waals surface area contributed by atoms with Crippen LogP contribution in [-0.4, -0.2) is 58.6 Å². The third-order valence-electron chi connectivity index (χ3n) is 7.82. The molecule has 1 saturated heterocycles.